The van der Waals surface area contributed by atoms with Crippen molar-refractivity contribution in [3.63, 3.8) is 0 Å². The number of benzene rings is 2. The zero-order valence-electron chi connectivity index (χ0n) is 14.3. The van der Waals surface area contributed by atoms with Gasteiger partial charge in [0.15, 0.2) is 5.16 Å². The van der Waals surface area contributed by atoms with Gasteiger partial charge in [-0.25, -0.2) is 4.39 Å². The number of halogens is 1. The third kappa shape index (κ3) is 5.14. The number of carbonyl (C=O) groups excluding carboxylic acids is 2. The molecule has 3 aromatic rings. The molecule has 0 saturated carbocycles. The van der Waals surface area contributed by atoms with Gasteiger partial charge in [0.1, 0.15) is 12.1 Å². The highest BCUT2D eigenvalue weighted by Gasteiger charge is 2.11. The molecule has 0 saturated heterocycles. The number of rotatable bonds is 6. The predicted octanol–water partition coefficient (Wildman–Crippen LogP) is 3.10. The van der Waals surface area contributed by atoms with Crippen molar-refractivity contribution in [1.29, 1.82) is 0 Å². The minimum absolute atomic E-state index is 0.0839. The molecule has 1 aromatic heterocycles. The molecule has 2 aromatic carbocycles. The maximum atomic E-state index is 13.2. The summed E-state index contributed by atoms with van der Waals surface area (Å²) in [5, 5.41) is 13.8. The number of aromatic nitrogens is 3. The molecule has 0 bridgehead atoms. The van der Waals surface area contributed by atoms with E-state index in [1.54, 1.807) is 28.8 Å². The molecule has 9 heteroatoms. The average molecular weight is 385 g/mol. The molecule has 0 aliphatic heterocycles. The number of thioether (sulfide) groups is 1. The van der Waals surface area contributed by atoms with E-state index in [0.717, 1.165) is 5.69 Å². The summed E-state index contributed by atoms with van der Waals surface area (Å²) < 4.78 is 14.9. The quantitative estimate of drug-likeness (QED) is 0.637. The van der Waals surface area contributed by atoms with Gasteiger partial charge in [0.05, 0.1) is 11.4 Å². The molecule has 0 radical (unpaired) electrons. The van der Waals surface area contributed by atoms with Crippen molar-refractivity contribution in [1.82, 2.24) is 14.8 Å². The third-order valence-corrected chi connectivity index (χ3v) is 4.34. The average Bonchev–Trinajstić information content (AvgIpc) is 3.08. The standard InChI is InChI=1S/C18H16FN5O2S/c1-12(25)21-15-6-3-7-16(9-15)24-11-20-23-18(24)27-10-17(26)22-14-5-2-4-13(19)8-14/h2-9,11H,10H2,1H3,(H,21,25)(H,22,26). The second-order valence-corrected chi connectivity index (χ2v) is 6.50. The minimum atomic E-state index is -0.417. The van der Waals surface area contributed by atoms with Crippen molar-refractivity contribution < 1.29 is 14.0 Å². The van der Waals surface area contributed by atoms with Gasteiger partial charge in [0.2, 0.25) is 11.8 Å². The first-order chi connectivity index (χ1) is 13.0. The highest BCUT2D eigenvalue weighted by molar-refractivity contribution is 7.99. The van der Waals surface area contributed by atoms with Crippen molar-refractivity contribution in [2.45, 2.75) is 12.1 Å². The first-order valence-corrected chi connectivity index (χ1v) is 8.96. The zero-order valence-corrected chi connectivity index (χ0v) is 15.2. The molecule has 0 unspecified atom stereocenters. The number of nitrogens with zero attached hydrogens (tertiary/aromatic N) is 3. The molecule has 0 fully saturated rings. The van der Waals surface area contributed by atoms with E-state index in [0.29, 0.717) is 16.5 Å². The molecule has 0 atom stereocenters. The van der Waals surface area contributed by atoms with Crippen molar-refractivity contribution >= 4 is 35.0 Å². The van der Waals surface area contributed by atoms with Gasteiger partial charge in [-0.05, 0) is 36.4 Å². The topological polar surface area (TPSA) is 88.9 Å². The molecular weight excluding hydrogens is 369 g/mol. The maximum absolute atomic E-state index is 13.2. The van der Waals surface area contributed by atoms with E-state index >= 15 is 0 Å². The number of carbonyl (C=O) groups is 2. The summed E-state index contributed by atoms with van der Waals surface area (Å²) in [4.78, 5) is 23.3. The van der Waals surface area contributed by atoms with Crippen LogP contribution in [-0.4, -0.2) is 32.3 Å². The van der Waals surface area contributed by atoms with E-state index in [9.17, 15) is 14.0 Å². The Morgan fingerprint density at radius 2 is 1.85 bits per heavy atom. The summed E-state index contributed by atoms with van der Waals surface area (Å²) in [5.74, 6) is -0.786. The fraction of sp³-hybridized carbons (Fsp3) is 0.111. The Morgan fingerprint density at radius 1 is 1.11 bits per heavy atom. The van der Waals surface area contributed by atoms with Gasteiger partial charge in [-0.1, -0.05) is 23.9 Å². The smallest absolute Gasteiger partial charge is 0.234 e. The Morgan fingerprint density at radius 3 is 2.59 bits per heavy atom. The fourth-order valence-electron chi connectivity index (χ4n) is 2.33. The lowest BCUT2D eigenvalue weighted by molar-refractivity contribution is -0.114. The molecule has 0 aliphatic carbocycles. The van der Waals surface area contributed by atoms with Crippen LogP contribution in [0.3, 0.4) is 0 Å². The highest BCUT2D eigenvalue weighted by atomic mass is 32.2. The Kier molecular flexibility index (Phi) is 5.82. The Hall–Kier alpha value is -3.20. The van der Waals surface area contributed by atoms with Gasteiger partial charge in [-0.15, -0.1) is 10.2 Å². The predicted molar refractivity (Wildman–Crippen MR) is 101 cm³/mol. The van der Waals surface area contributed by atoms with Crippen molar-refractivity contribution in [3.05, 3.63) is 60.7 Å². The number of hydrogen-bond donors (Lipinski definition) is 2. The SMILES string of the molecule is CC(=O)Nc1cccc(-n2cnnc2SCC(=O)Nc2cccc(F)c2)c1. The second kappa shape index (κ2) is 8.45. The van der Waals surface area contributed by atoms with Crippen molar-refractivity contribution in [3.8, 4) is 5.69 Å². The lowest BCUT2D eigenvalue weighted by atomic mass is 10.2. The van der Waals surface area contributed by atoms with Crippen LogP contribution < -0.4 is 10.6 Å². The van der Waals surface area contributed by atoms with Gasteiger partial charge in [-0.3, -0.25) is 14.2 Å². The summed E-state index contributed by atoms with van der Waals surface area (Å²) in [6.45, 7) is 1.43. The highest BCUT2D eigenvalue weighted by Crippen LogP contribution is 2.22. The molecule has 27 heavy (non-hydrogen) atoms. The lowest BCUT2D eigenvalue weighted by Gasteiger charge is -2.09. The number of amides is 2. The van der Waals surface area contributed by atoms with Crippen LogP contribution in [0.25, 0.3) is 5.69 Å². The maximum Gasteiger partial charge on any atom is 0.234 e. The lowest BCUT2D eigenvalue weighted by Crippen LogP contribution is -2.14. The van der Waals surface area contributed by atoms with Crippen molar-refractivity contribution in [2.24, 2.45) is 0 Å². The molecule has 2 N–H and O–H groups in total. The second-order valence-electron chi connectivity index (χ2n) is 5.56. The van der Waals surface area contributed by atoms with Crippen LogP contribution in [0.2, 0.25) is 0 Å². The van der Waals surface area contributed by atoms with E-state index in [1.165, 1.54) is 43.2 Å². The largest absolute Gasteiger partial charge is 0.326 e. The van der Waals surface area contributed by atoms with E-state index in [4.69, 9.17) is 0 Å². The van der Waals surface area contributed by atoms with E-state index in [2.05, 4.69) is 20.8 Å². The first-order valence-electron chi connectivity index (χ1n) is 7.97. The van der Waals surface area contributed by atoms with Gasteiger partial charge in [0.25, 0.3) is 0 Å². The normalized spacial score (nSPS) is 10.4. The Balaban J connectivity index is 1.67. The molecule has 2 amide bonds. The van der Waals surface area contributed by atoms with Gasteiger partial charge in [0, 0.05) is 18.3 Å². The zero-order chi connectivity index (χ0) is 19.2. The van der Waals surface area contributed by atoms with Crippen LogP contribution in [0, 0.1) is 5.82 Å². The molecule has 1 heterocycles. The van der Waals surface area contributed by atoms with Crippen LogP contribution in [-0.2, 0) is 9.59 Å². The Bertz CT molecular complexity index is 976. The molecular formula is C18H16FN5O2S. The molecule has 0 aliphatic rings. The number of anilines is 2. The Labute approximate surface area is 159 Å². The van der Waals surface area contributed by atoms with E-state index in [-0.39, 0.29) is 17.6 Å². The number of hydrogen-bond acceptors (Lipinski definition) is 5. The van der Waals surface area contributed by atoms with Crippen LogP contribution >= 0.6 is 11.8 Å². The first kappa shape index (κ1) is 18.6. The summed E-state index contributed by atoms with van der Waals surface area (Å²) in [6, 6.07) is 12.9. The van der Waals surface area contributed by atoms with Crippen molar-refractivity contribution in [2.75, 3.05) is 16.4 Å². The van der Waals surface area contributed by atoms with Crippen LogP contribution in [0.4, 0.5) is 15.8 Å². The summed E-state index contributed by atoms with van der Waals surface area (Å²) in [5.41, 5.74) is 1.79. The summed E-state index contributed by atoms with van der Waals surface area (Å²) in [6.07, 6.45) is 1.53. The van der Waals surface area contributed by atoms with Crippen LogP contribution in [0.5, 0.6) is 0 Å². The van der Waals surface area contributed by atoms with Gasteiger partial charge < -0.3 is 10.6 Å². The van der Waals surface area contributed by atoms with Gasteiger partial charge >= 0.3 is 0 Å². The van der Waals surface area contributed by atoms with Gasteiger partial charge in [-0.2, -0.15) is 0 Å². The van der Waals surface area contributed by atoms with Crippen LogP contribution in [0.15, 0.2) is 60.0 Å². The fourth-order valence-corrected chi connectivity index (χ4v) is 3.06. The third-order valence-electron chi connectivity index (χ3n) is 3.40. The molecule has 138 valence electrons. The molecule has 3 rings (SSSR count). The summed E-state index contributed by atoms with van der Waals surface area (Å²) >= 11 is 1.20. The molecule has 0 spiro atoms. The minimum Gasteiger partial charge on any atom is -0.326 e. The molecule has 7 nitrogen and oxygen atoms in total. The summed E-state index contributed by atoms with van der Waals surface area (Å²) in [7, 11) is 0. The van der Waals surface area contributed by atoms with Crippen LogP contribution in [0.1, 0.15) is 6.92 Å². The monoisotopic (exact) mass is 385 g/mol. The van der Waals surface area contributed by atoms with E-state index in [1.807, 2.05) is 6.07 Å². The van der Waals surface area contributed by atoms with E-state index < -0.39 is 5.82 Å². The number of nitrogens with one attached hydrogen (secondary N) is 2.